The molecule has 0 radical (unpaired) electrons. The lowest BCUT2D eigenvalue weighted by Gasteiger charge is -2.09. The van der Waals surface area contributed by atoms with Crippen LogP contribution in [0.3, 0.4) is 0 Å². The monoisotopic (exact) mass is 396 g/mol. The van der Waals surface area contributed by atoms with Crippen molar-refractivity contribution in [2.75, 3.05) is 7.11 Å². The zero-order valence-electron chi connectivity index (χ0n) is 13.4. The molecular weight excluding hydrogens is 384 g/mol. The van der Waals surface area contributed by atoms with Crippen molar-refractivity contribution in [3.63, 3.8) is 0 Å². The Balaban J connectivity index is 1.88. The average Bonchev–Trinajstić information content (AvgIpc) is 3.01. The number of pyridine rings is 1. The Morgan fingerprint density at radius 3 is 2.77 bits per heavy atom. The Labute approximate surface area is 153 Å². The van der Waals surface area contributed by atoms with E-state index in [4.69, 9.17) is 16.3 Å². The molecule has 0 bridgehead atoms. The summed E-state index contributed by atoms with van der Waals surface area (Å²) in [6.45, 7) is -0.104. The van der Waals surface area contributed by atoms with Gasteiger partial charge < -0.3 is 9.14 Å². The van der Waals surface area contributed by atoms with Crippen molar-refractivity contribution >= 4 is 33.0 Å². The number of fused-ring (bicyclic) bond motifs is 1. The van der Waals surface area contributed by atoms with Crippen LogP contribution >= 0.6 is 11.6 Å². The number of nitrogens with zero attached hydrogens (tertiary/aromatic N) is 3. The van der Waals surface area contributed by atoms with E-state index in [1.165, 1.54) is 19.2 Å². The van der Waals surface area contributed by atoms with E-state index in [1.54, 1.807) is 28.9 Å². The van der Waals surface area contributed by atoms with Crippen LogP contribution in [0, 0.1) is 10.1 Å². The summed E-state index contributed by atoms with van der Waals surface area (Å²) in [5, 5.41) is 11.4. The highest BCUT2D eigenvalue weighted by Gasteiger charge is 2.23. The molecule has 26 heavy (non-hydrogen) atoms. The van der Waals surface area contributed by atoms with Crippen LogP contribution in [-0.2, 0) is 16.6 Å². The fourth-order valence-electron chi connectivity index (χ4n) is 2.34. The minimum Gasteiger partial charge on any atom is -0.495 e. The van der Waals surface area contributed by atoms with E-state index in [2.05, 4.69) is 9.71 Å². The van der Waals surface area contributed by atoms with Gasteiger partial charge in [0.15, 0.2) is 0 Å². The van der Waals surface area contributed by atoms with E-state index in [0.717, 1.165) is 6.07 Å². The molecule has 1 N–H and O–H groups in total. The van der Waals surface area contributed by atoms with Gasteiger partial charge in [-0.05, 0) is 18.2 Å². The van der Waals surface area contributed by atoms with Crippen molar-refractivity contribution in [1.82, 2.24) is 14.1 Å². The first-order chi connectivity index (χ1) is 12.3. The molecule has 0 spiro atoms. The highest BCUT2D eigenvalue weighted by Crippen LogP contribution is 2.28. The van der Waals surface area contributed by atoms with Gasteiger partial charge in [0.25, 0.3) is 5.69 Å². The SMILES string of the molecule is COc1ccc([N+](=O)[O-])cc1S(=O)(=O)NCc1cn2cc(Cl)ccc2n1. The van der Waals surface area contributed by atoms with Gasteiger partial charge in [0.05, 0.1) is 29.3 Å². The zero-order valence-corrected chi connectivity index (χ0v) is 15.0. The lowest BCUT2D eigenvalue weighted by Crippen LogP contribution is -2.24. The van der Waals surface area contributed by atoms with Gasteiger partial charge in [-0.1, -0.05) is 11.6 Å². The zero-order chi connectivity index (χ0) is 18.9. The van der Waals surface area contributed by atoms with E-state index in [1.807, 2.05) is 0 Å². The molecule has 2 aromatic heterocycles. The number of non-ortho nitro benzene ring substituents is 1. The molecule has 0 amide bonds. The molecule has 3 aromatic rings. The maximum atomic E-state index is 12.6. The van der Waals surface area contributed by atoms with Crippen molar-refractivity contribution in [2.45, 2.75) is 11.4 Å². The van der Waals surface area contributed by atoms with Crippen molar-refractivity contribution < 1.29 is 18.1 Å². The number of methoxy groups -OCH3 is 1. The third-order valence-electron chi connectivity index (χ3n) is 3.56. The summed E-state index contributed by atoms with van der Waals surface area (Å²) in [5.74, 6) is 0.00452. The maximum absolute atomic E-state index is 12.6. The van der Waals surface area contributed by atoms with Crippen molar-refractivity contribution in [3.8, 4) is 5.75 Å². The Kier molecular flexibility index (Phi) is 4.81. The number of benzene rings is 1. The number of nitro groups is 1. The summed E-state index contributed by atoms with van der Waals surface area (Å²) in [5.41, 5.74) is 0.713. The van der Waals surface area contributed by atoms with Crippen LogP contribution < -0.4 is 9.46 Å². The third-order valence-corrected chi connectivity index (χ3v) is 5.20. The molecule has 9 nitrogen and oxygen atoms in total. The number of imidazole rings is 1. The highest BCUT2D eigenvalue weighted by atomic mass is 35.5. The number of halogens is 1. The smallest absolute Gasteiger partial charge is 0.271 e. The van der Waals surface area contributed by atoms with Gasteiger partial charge in [-0.25, -0.2) is 18.1 Å². The first kappa shape index (κ1) is 18.1. The predicted molar refractivity (Wildman–Crippen MR) is 93.9 cm³/mol. The summed E-state index contributed by atoms with van der Waals surface area (Å²) in [4.78, 5) is 14.2. The number of aromatic nitrogens is 2. The van der Waals surface area contributed by atoms with Crippen LogP contribution in [0.1, 0.15) is 5.69 Å². The number of ether oxygens (including phenoxy) is 1. The van der Waals surface area contributed by atoms with Crippen LogP contribution in [0.5, 0.6) is 5.75 Å². The Hall–Kier alpha value is -2.69. The largest absolute Gasteiger partial charge is 0.495 e. The van der Waals surface area contributed by atoms with Crippen LogP contribution in [-0.4, -0.2) is 29.8 Å². The van der Waals surface area contributed by atoms with Crippen LogP contribution in [0.2, 0.25) is 5.02 Å². The molecule has 0 aliphatic heterocycles. The average molecular weight is 397 g/mol. The lowest BCUT2D eigenvalue weighted by atomic mass is 10.3. The molecule has 0 atom stereocenters. The molecule has 1 aromatic carbocycles. The number of sulfonamides is 1. The summed E-state index contributed by atoms with van der Waals surface area (Å²) in [6.07, 6.45) is 3.28. The first-order valence-electron chi connectivity index (χ1n) is 7.25. The molecule has 0 saturated heterocycles. The second kappa shape index (κ2) is 6.90. The molecular formula is C15H13ClN4O5S. The molecule has 0 fully saturated rings. The van der Waals surface area contributed by atoms with Crippen LogP contribution in [0.4, 0.5) is 5.69 Å². The lowest BCUT2D eigenvalue weighted by molar-refractivity contribution is -0.385. The molecule has 136 valence electrons. The minimum atomic E-state index is -4.06. The molecule has 0 unspecified atom stereocenters. The summed E-state index contributed by atoms with van der Waals surface area (Å²) in [7, 11) is -2.77. The molecule has 11 heteroatoms. The molecule has 2 heterocycles. The van der Waals surface area contributed by atoms with Gasteiger partial charge in [-0.3, -0.25) is 10.1 Å². The maximum Gasteiger partial charge on any atom is 0.271 e. The number of nitro benzene ring substituents is 1. The fraction of sp³-hybridized carbons (Fsp3) is 0.133. The minimum absolute atomic E-state index is 0.00452. The second-order valence-corrected chi connectivity index (χ2v) is 7.43. The van der Waals surface area contributed by atoms with E-state index in [-0.39, 0.29) is 22.9 Å². The van der Waals surface area contributed by atoms with Gasteiger partial charge in [-0.15, -0.1) is 0 Å². The number of hydrogen-bond donors (Lipinski definition) is 1. The summed E-state index contributed by atoms with van der Waals surface area (Å²) in [6, 6.07) is 6.73. The van der Waals surface area contributed by atoms with Gasteiger partial charge >= 0.3 is 0 Å². The topological polar surface area (TPSA) is 116 Å². The fourth-order valence-corrected chi connectivity index (χ4v) is 3.69. The summed E-state index contributed by atoms with van der Waals surface area (Å²) >= 11 is 5.90. The second-order valence-electron chi connectivity index (χ2n) is 5.26. The predicted octanol–water partition coefficient (Wildman–Crippen LogP) is 2.38. The van der Waals surface area contributed by atoms with Crippen molar-refractivity contribution in [1.29, 1.82) is 0 Å². The van der Waals surface area contributed by atoms with E-state index < -0.39 is 14.9 Å². The normalized spacial score (nSPS) is 11.6. The van der Waals surface area contributed by atoms with Crippen molar-refractivity contribution in [2.24, 2.45) is 0 Å². The summed E-state index contributed by atoms with van der Waals surface area (Å²) < 4.78 is 34.2. The molecule has 0 aliphatic carbocycles. The quantitative estimate of drug-likeness (QED) is 0.505. The van der Waals surface area contributed by atoms with Gasteiger partial charge in [0.1, 0.15) is 16.3 Å². The van der Waals surface area contributed by atoms with E-state index in [0.29, 0.717) is 16.4 Å². The number of rotatable bonds is 6. The third kappa shape index (κ3) is 3.62. The number of nitrogens with one attached hydrogen (secondary N) is 1. The molecule has 3 rings (SSSR count). The Morgan fingerprint density at radius 2 is 2.08 bits per heavy atom. The van der Waals surface area contributed by atoms with Crippen LogP contribution in [0.25, 0.3) is 5.65 Å². The van der Waals surface area contributed by atoms with E-state index >= 15 is 0 Å². The molecule has 0 aliphatic rings. The van der Waals surface area contributed by atoms with Gasteiger partial charge in [0.2, 0.25) is 10.0 Å². The number of hydrogen-bond acceptors (Lipinski definition) is 6. The standard InChI is InChI=1S/C15H13ClN4O5S/c1-25-13-4-3-12(20(21)22)6-14(13)26(23,24)17-7-11-9-19-8-10(16)2-5-15(19)18-11/h2-6,8-9,17H,7H2,1H3. The van der Waals surface area contributed by atoms with Crippen molar-refractivity contribution in [3.05, 3.63) is 63.6 Å². The molecule has 0 saturated carbocycles. The first-order valence-corrected chi connectivity index (χ1v) is 9.11. The van der Waals surface area contributed by atoms with Gasteiger partial charge in [-0.2, -0.15) is 0 Å². The van der Waals surface area contributed by atoms with Crippen LogP contribution in [0.15, 0.2) is 47.6 Å². The van der Waals surface area contributed by atoms with E-state index in [9.17, 15) is 18.5 Å². The Morgan fingerprint density at radius 1 is 1.31 bits per heavy atom. The van der Waals surface area contributed by atoms with Gasteiger partial charge in [0, 0.05) is 24.5 Å². The highest BCUT2D eigenvalue weighted by molar-refractivity contribution is 7.89. The Bertz CT molecular complexity index is 1100.